The van der Waals surface area contributed by atoms with E-state index in [0.29, 0.717) is 12.5 Å². The van der Waals surface area contributed by atoms with Gasteiger partial charge in [-0.25, -0.2) is 4.98 Å². The summed E-state index contributed by atoms with van der Waals surface area (Å²) in [6, 6.07) is 19.3. The van der Waals surface area contributed by atoms with Gasteiger partial charge in [0.1, 0.15) is 11.6 Å². The lowest BCUT2D eigenvalue weighted by molar-refractivity contribution is 0.0734. The van der Waals surface area contributed by atoms with Gasteiger partial charge in [-0.3, -0.25) is 4.79 Å². The maximum atomic E-state index is 13.5. The lowest BCUT2D eigenvalue weighted by atomic mass is 9.86. The van der Waals surface area contributed by atoms with Crippen LogP contribution in [0, 0.1) is 0 Å². The van der Waals surface area contributed by atoms with Gasteiger partial charge in [-0.05, 0) is 72.2 Å². The Balaban J connectivity index is 1.31. The molecule has 1 fully saturated rings. The Kier molecular flexibility index (Phi) is 4.19. The minimum absolute atomic E-state index is 0.0211. The van der Waals surface area contributed by atoms with E-state index in [1.54, 1.807) is 0 Å². The van der Waals surface area contributed by atoms with Crippen LogP contribution in [0.3, 0.4) is 0 Å². The third-order valence-corrected chi connectivity index (χ3v) is 9.09. The summed E-state index contributed by atoms with van der Waals surface area (Å²) in [4.78, 5) is 20.5. The van der Waals surface area contributed by atoms with Crippen molar-refractivity contribution in [3.05, 3.63) is 82.7 Å². The van der Waals surface area contributed by atoms with Crippen molar-refractivity contribution in [1.82, 2.24) is 14.5 Å². The quantitative estimate of drug-likeness (QED) is 0.394. The molecule has 1 aromatic heterocycles. The molecule has 37 heavy (non-hydrogen) atoms. The van der Waals surface area contributed by atoms with Crippen LogP contribution < -0.4 is 10.5 Å². The zero-order chi connectivity index (χ0) is 25.1. The van der Waals surface area contributed by atoms with Gasteiger partial charge in [0.2, 0.25) is 0 Å². The van der Waals surface area contributed by atoms with Crippen LogP contribution in [0.2, 0.25) is 0 Å². The Morgan fingerprint density at radius 1 is 1.05 bits per heavy atom. The molecule has 3 atom stereocenters. The van der Waals surface area contributed by atoms with E-state index < -0.39 is 0 Å². The second-order valence-corrected chi connectivity index (χ2v) is 11.5. The number of amides is 1. The summed E-state index contributed by atoms with van der Waals surface area (Å²) in [6.45, 7) is 2.71. The maximum Gasteiger partial charge on any atom is 0.254 e. The standard InChI is InChI=1S/C31H30N4O2/c1-31(32)12-13-37-27-15-19(8-10-22(27)31)18-9-11-23-24(14-18)35-25-16-26(29(35)33-23)34(2)30(36)21-5-3-4-20(28(21)25)17-6-7-17/h3-5,8-11,14-15,17,25-26H,6-7,12-13,16,32H2,1-2H3/t25-,26-,31+/m1/s1. The molecule has 6 heteroatoms. The highest BCUT2D eigenvalue weighted by Crippen LogP contribution is 2.52. The third kappa shape index (κ3) is 2.96. The second-order valence-electron chi connectivity index (χ2n) is 11.5. The summed E-state index contributed by atoms with van der Waals surface area (Å²) in [5.74, 6) is 2.56. The molecule has 3 aromatic carbocycles. The molecule has 1 aliphatic carbocycles. The van der Waals surface area contributed by atoms with Gasteiger partial charge in [-0.2, -0.15) is 0 Å². The number of fused-ring (bicyclic) bond motifs is 10. The minimum Gasteiger partial charge on any atom is -0.493 e. The Bertz CT molecular complexity index is 1630. The number of hydrogen-bond acceptors (Lipinski definition) is 4. The van der Waals surface area contributed by atoms with Crippen molar-refractivity contribution in [2.75, 3.05) is 13.7 Å². The highest BCUT2D eigenvalue weighted by atomic mass is 16.5. The predicted molar refractivity (Wildman–Crippen MR) is 143 cm³/mol. The van der Waals surface area contributed by atoms with E-state index in [0.717, 1.165) is 57.7 Å². The van der Waals surface area contributed by atoms with Crippen molar-refractivity contribution in [2.24, 2.45) is 5.73 Å². The highest BCUT2D eigenvalue weighted by Gasteiger charge is 2.45. The number of carbonyl (C=O) groups is 1. The van der Waals surface area contributed by atoms with E-state index in [-0.39, 0.29) is 23.5 Å². The van der Waals surface area contributed by atoms with Gasteiger partial charge >= 0.3 is 0 Å². The van der Waals surface area contributed by atoms with Crippen molar-refractivity contribution in [2.45, 2.75) is 56.1 Å². The molecule has 0 radical (unpaired) electrons. The fourth-order valence-electron chi connectivity index (χ4n) is 6.88. The number of nitrogens with zero attached hydrogens (tertiary/aromatic N) is 3. The van der Waals surface area contributed by atoms with Gasteiger partial charge < -0.3 is 19.9 Å². The SMILES string of the molecule is CN1C(=O)c2cccc(C3CC3)c2[C@H]2C[C@@H]1c1nc3ccc(-c4ccc5c(c4)OCC[C@]5(C)N)cc3n12. The van der Waals surface area contributed by atoms with Crippen LogP contribution in [-0.2, 0) is 5.54 Å². The molecule has 1 amide bonds. The second kappa shape index (κ2) is 7.23. The summed E-state index contributed by atoms with van der Waals surface area (Å²) in [5, 5.41) is 0. The molecular weight excluding hydrogens is 460 g/mol. The topological polar surface area (TPSA) is 73.4 Å². The summed E-state index contributed by atoms with van der Waals surface area (Å²) in [7, 11) is 1.93. The molecule has 4 heterocycles. The Morgan fingerprint density at radius 3 is 2.70 bits per heavy atom. The molecule has 0 spiro atoms. The summed E-state index contributed by atoms with van der Waals surface area (Å²) >= 11 is 0. The smallest absolute Gasteiger partial charge is 0.254 e. The van der Waals surface area contributed by atoms with Gasteiger partial charge in [0, 0.05) is 36.6 Å². The molecule has 8 rings (SSSR count). The number of hydrogen-bond donors (Lipinski definition) is 1. The molecule has 2 bridgehead atoms. The van der Waals surface area contributed by atoms with Crippen LogP contribution in [-0.4, -0.2) is 34.0 Å². The molecule has 186 valence electrons. The van der Waals surface area contributed by atoms with Crippen LogP contribution in [0.1, 0.15) is 83.5 Å². The van der Waals surface area contributed by atoms with E-state index in [1.807, 2.05) is 18.0 Å². The van der Waals surface area contributed by atoms with Crippen LogP contribution in [0.15, 0.2) is 54.6 Å². The normalized spacial score (nSPS) is 25.9. The van der Waals surface area contributed by atoms with Crippen molar-refractivity contribution in [1.29, 1.82) is 0 Å². The van der Waals surface area contributed by atoms with E-state index >= 15 is 0 Å². The van der Waals surface area contributed by atoms with Crippen LogP contribution in [0.25, 0.3) is 22.2 Å². The van der Waals surface area contributed by atoms with Gasteiger partial charge in [0.15, 0.2) is 0 Å². The molecule has 4 aliphatic rings. The molecule has 2 N–H and O–H groups in total. The van der Waals surface area contributed by atoms with Gasteiger partial charge in [-0.1, -0.05) is 30.3 Å². The van der Waals surface area contributed by atoms with Crippen LogP contribution >= 0.6 is 0 Å². The molecule has 4 aromatic rings. The number of ether oxygens (including phenoxy) is 1. The maximum absolute atomic E-state index is 13.5. The van der Waals surface area contributed by atoms with E-state index in [4.69, 9.17) is 15.5 Å². The lowest BCUT2D eigenvalue weighted by Crippen LogP contribution is -2.38. The minimum atomic E-state index is -0.367. The van der Waals surface area contributed by atoms with Crippen molar-refractivity contribution >= 4 is 16.9 Å². The first-order valence-electron chi connectivity index (χ1n) is 13.4. The van der Waals surface area contributed by atoms with Crippen molar-refractivity contribution in [3.63, 3.8) is 0 Å². The first-order valence-corrected chi connectivity index (χ1v) is 13.4. The zero-order valence-electron chi connectivity index (χ0n) is 21.2. The van der Waals surface area contributed by atoms with Crippen molar-refractivity contribution < 1.29 is 9.53 Å². The highest BCUT2D eigenvalue weighted by molar-refractivity contribution is 5.97. The average Bonchev–Trinajstić information content (AvgIpc) is 3.60. The van der Waals surface area contributed by atoms with Crippen LogP contribution in [0.5, 0.6) is 5.75 Å². The van der Waals surface area contributed by atoms with Gasteiger partial charge in [-0.15, -0.1) is 0 Å². The molecule has 3 aliphatic heterocycles. The largest absolute Gasteiger partial charge is 0.493 e. The number of aromatic nitrogens is 2. The monoisotopic (exact) mass is 490 g/mol. The lowest BCUT2D eigenvalue weighted by Gasteiger charge is -2.32. The number of rotatable bonds is 2. The first-order chi connectivity index (χ1) is 17.9. The molecule has 1 saturated carbocycles. The first kappa shape index (κ1) is 21.4. The third-order valence-electron chi connectivity index (χ3n) is 9.09. The van der Waals surface area contributed by atoms with Crippen LogP contribution in [0.4, 0.5) is 0 Å². The Morgan fingerprint density at radius 2 is 1.86 bits per heavy atom. The number of nitrogens with two attached hydrogens (primary N) is 1. The van der Waals surface area contributed by atoms with Gasteiger partial charge in [0.25, 0.3) is 5.91 Å². The Labute approximate surface area is 216 Å². The summed E-state index contributed by atoms with van der Waals surface area (Å²) in [5.41, 5.74) is 15.0. The number of imidazole rings is 1. The molecule has 0 unspecified atom stereocenters. The van der Waals surface area contributed by atoms with E-state index in [9.17, 15) is 4.79 Å². The average molecular weight is 491 g/mol. The fraction of sp³-hybridized carbons (Fsp3) is 0.355. The summed E-state index contributed by atoms with van der Waals surface area (Å²) in [6.07, 6.45) is 4.11. The predicted octanol–water partition coefficient (Wildman–Crippen LogP) is 5.66. The molecular formula is C31H30N4O2. The van der Waals surface area contributed by atoms with Crippen molar-refractivity contribution in [3.8, 4) is 16.9 Å². The number of carbonyl (C=O) groups excluding carboxylic acids is 1. The molecule has 6 nitrogen and oxygen atoms in total. The Hall–Kier alpha value is -3.64. The van der Waals surface area contributed by atoms with Gasteiger partial charge in [0.05, 0.1) is 29.7 Å². The summed E-state index contributed by atoms with van der Waals surface area (Å²) < 4.78 is 8.43. The van der Waals surface area contributed by atoms with E-state index in [1.165, 1.54) is 24.0 Å². The number of benzene rings is 3. The fourth-order valence-corrected chi connectivity index (χ4v) is 6.88. The molecule has 0 saturated heterocycles. The zero-order valence-corrected chi connectivity index (χ0v) is 21.2. The van der Waals surface area contributed by atoms with E-state index in [2.05, 4.69) is 60.0 Å².